The molecule has 0 radical (unpaired) electrons. The molecule has 1 heterocycles. The molecule has 5 nitrogen and oxygen atoms in total. The molecule has 0 aliphatic rings. The number of oxazole rings is 1. The van der Waals surface area contributed by atoms with Gasteiger partial charge in [-0.05, 0) is 19.1 Å². The second-order valence-corrected chi connectivity index (χ2v) is 3.83. The summed E-state index contributed by atoms with van der Waals surface area (Å²) in [5.41, 5.74) is 0.331. The second-order valence-electron chi connectivity index (χ2n) is 3.83. The lowest BCUT2D eigenvalue weighted by Crippen LogP contribution is -2.17. The molecule has 0 atom stereocenters. The lowest BCUT2D eigenvalue weighted by Gasteiger charge is -2.09. The molecule has 120 valence electrons. The summed E-state index contributed by atoms with van der Waals surface area (Å²) < 4.78 is 49.4. The minimum Gasteiger partial charge on any atom is -0.434 e. The van der Waals surface area contributed by atoms with Crippen LogP contribution in [0.25, 0.3) is 11.3 Å². The van der Waals surface area contributed by atoms with Gasteiger partial charge in [0.2, 0.25) is 6.29 Å². The Kier molecular flexibility index (Phi) is 6.58. The van der Waals surface area contributed by atoms with Crippen LogP contribution in [0.4, 0.5) is 13.2 Å². The van der Waals surface area contributed by atoms with Crippen LogP contribution in [0.5, 0.6) is 5.75 Å². The molecule has 0 saturated heterocycles. The molecule has 0 aliphatic heterocycles. The van der Waals surface area contributed by atoms with E-state index in [1.165, 1.54) is 18.3 Å². The van der Waals surface area contributed by atoms with Crippen molar-refractivity contribution in [2.45, 2.75) is 13.3 Å². The topological polar surface area (TPSA) is 61.6 Å². The summed E-state index contributed by atoms with van der Waals surface area (Å²) in [6, 6.07) is 5.19. The number of hydrogen-bond acceptors (Lipinski definition) is 5. The van der Waals surface area contributed by atoms with E-state index < -0.39 is 6.36 Å². The number of halogens is 3. The van der Waals surface area contributed by atoms with Gasteiger partial charge in [0, 0.05) is 19.3 Å². The molecule has 0 spiro atoms. The molecular formula is C14H14F3NO4. The molecule has 0 aliphatic carbocycles. The van der Waals surface area contributed by atoms with Gasteiger partial charge in [0.25, 0.3) is 5.89 Å². The van der Waals surface area contributed by atoms with E-state index in [1.54, 1.807) is 7.11 Å². The number of alkyl halides is 3. The van der Waals surface area contributed by atoms with E-state index in [0.29, 0.717) is 11.8 Å². The van der Waals surface area contributed by atoms with Crippen LogP contribution in [0.3, 0.4) is 0 Å². The van der Waals surface area contributed by atoms with Crippen molar-refractivity contribution >= 4 is 6.29 Å². The van der Waals surface area contributed by atoms with Crippen molar-refractivity contribution in [3.8, 4) is 17.1 Å². The van der Waals surface area contributed by atoms with Crippen molar-refractivity contribution < 1.29 is 31.9 Å². The molecule has 1 aromatic carbocycles. The van der Waals surface area contributed by atoms with E-state index in [1.807, 2.05) is 6.92 Å². The van der Waals surface area contributed by atoms with Crippen LogP contribution in [0.15, 0.2) is 34.9 Å². The minimum absolute atomic E-state index is 0.146. The molecule has 2 aromatic rings. The zero-order chi connectivity index (χ0) is 16.6. The summed E-state index contributed by atoms with van der Waals surface area (Å²) in [5.74, 6) is -0.332. The van der Waals surface area contributed by atoms with Gasteiger partial charge in [-0.1, -0.05) is 12.1 Å². The summed E-state index contributed by atoms with van der Waals surface area (Å²) in [6.07, 6.45) is -3.11. The Morgan fingerprint density at radius 3 is 2.55 bits per heavy atom. The van der Waals surface area contributed by atoms with Crippen molar-refractivity contribution in [3.05, 3.63) is 36.4 Å². The molecule has 0 saturated carbocycles. The Labute approximate surface area is 124 Å². The first-order chi connectivity index (χ1) is 10.4. The summed E-state index contributed by atoms with van der Waals surface area (Å²) in [4.78, 5) is 14.0. The molecule has 0 bridgehead atoms. The van der Waals surface area contributed by atoms with Crippen molar-refractivity contribution in [1.82, 2.24) is 4.98 Å². The highest BCUT2D eigenvalue weighted by atomic mass is 19.4. The Morgan fingerprint density at radius 2 is 2.05 bits per heavy atom. The first-order valence-electron chi connectivity index (χ1n) is 6.15. The number of hydrogen-bond donors (Lipinski definition) is 0. The van der Waals surface area contributed by atoms with Gasteiger partial charge in [0.15, 0.2) is 5.76 Å². The Hall–Kier alpha value is -2.35. The number of carbonyl (C=O) groups excluding carboxylic acids is 1. The maximum absolute atomic E-state index is 12.0. The number of rotatable bonds is 4. The van der Waals surface area contributed by atoms with Crippen LogP contribution in [-0.2, 0) is 4.74 Å². The van der Waals surface area contributed by atoms with E-state index in [0.717, 1.165) is 18.7 Å². The third-order valence-corrected chi connectivity index (χ3v) is 2.27. The number of carbonyl (C=O) groups is 1. The average molecular weight is 317 g/mol. The Bertz CT molecular complexity index is 594. The van der Waals surface area contributed by atoms with Gasteiger partial charge < -0.3 is 13.9 Å². The van der Waals surface area contributed by atoms with Crippen LogP contribution in [0, 0.1) is 0 Å². The normalized spacial score (nSPS) is 10.6. The van der Waals surface area contributed by atoms with Gasteiger partial charge in [-0.15, -0.1) is 13.2 Å². The summed E-state index contributed by atoms with van der Waals surface area (Å²) in [7, 11) is 1.68. The maximum Gasteiger partial charge on any atom is 0.573 e. The SMILES string of the molecule is CCOC.O=Cc1ncc(-c2cccc(OC(F)(F)F)c2)o1. The number of benzene rings is 1. The highest BCUT2D eigenvalue weighted by Gasteiger charge is 2.31. The van der Waals surface area contributed by atoms with E-state index in [9.17, 15) is 18.0 Å². The zero-order valence-electron chi connectivity index (χ0n) is 11.9. The Balaban J connectivity index is 0.000000541. The fourth-order valence-electron chi connectivity index (χ4n) is 1.32. The molecule has 1 aromatic heterocycles. The van der Waals surface area contributed by atoms with Crippen molar-refractivity contribution in [1.29, 1.82) is 0 Å². The third-order valence-electron chi connectivity index (χ3n) is 2.27. The maximum atomic E-state index is 12.0. The van der Waals surface area contributed by atoms with Gasteiger partial charge in [-0.2, -0.15) is 0 Å². The fraction of sp³-hybridized carbons (Fsp3) is 0.286. The third kappa shape index (κ3) is 5.96. The van der Waals surface area contributed by atoms with Crippen LogP contribution in [-0.4, -0.2) is 31.3 Å². The van der Waals surface area contributed by atoms with E-state index in [-0.39, 0.29) is 17.4 Å². The average Bonchev–Trinajstić information content (AvgIpc) is 2.95. The van der Waals surface area contributed by atoms with Gasteiger partial charge in [-0.3, -0.25) is 4.79 Å². The van der Waals surface area contributed by atoms with Crippen molar-refractivity contribution in [3.63, 3.8) is 0 Å². The van der Waals surface area contributed by atoms with Gasteiger partial charge >= 0.3 is 6.36 Å². The molecule has 0 fully saturated rings. The zero-order valence-corrected chi connectivity index (χ0v) is 11.9. The first-order valence-corrected chi connectivity index (χ1v) is 6.15. The molecule has 0 amide bonds. The summed E-state index contributed by atoms with van der Waals surface area (Å²) >= 11 is 0. The fourth-order valence-corrected chi connectivity index (χ4v) is 1.32. The monoisotopic (exact) mass is 317 g/mol. The highest BCUT2D eigenvalue weighted by Crippen LogP contribution is 2.28. The highest BCUT2D eigenvalue weighted by molar-refractivity contribution is 5.69. The Morgan fingerprint density at radius 1 is 1.36 bits per heavy atom. The van der Waals surface area contributed by atoms with Crippen molar-refractivity contribution in [2.75, 3.05) is 13.7 Å². The summed E-state index contributed by atoms with van der Waals surface area (Å²) in [5, 5.41) is 0. The number of aromatic nitrogens is 1. The second kappa shape index (κ2) is 8.18. The lowest BCUT2D eigenvalue weighted by molar-refractivity contribution is -0.274. The number of ether oxygens (including phenoxy) is 2. The predicted octanol–water partition coefficient (Wildman–Crippen LogP) is 3.71. The molecule has 22 heavy (non-hydrogen) atoms. The molecule has 2 rings (SSSR count). The predicted molar refractivity (Wildman–Crippen MR) is 71.6 cm³/mol. The number of aldehydes is 1. The van der Waals surface area contributed by atoms with Crippen LogP contribution >= 0.6 is 0 Å². The lowest BCUT2D eigenvalue weighted by atomic mass is 10.2. The number of nitrogens with zero attached hydrogens (tertiary/aromatic N) is 1. The molecule has 8 heteroatoms. The minimum atomic E-state index is -4.76. The van der Waals surface area contributed by atoms with Crippen molar-refractivity contribution in [2.24, 2.45) is 0 Å². The van der Waals surface area contributed by atoms with E-state index in [2.05, 4.69) is 14.5 Å². The smallest absolute Gasteiger partial charge is 0.434 e. The van der Waals surface area contributed by atoms with Crippen LogP contribution in [0.1, 0.15) is 17.6 Å². The molecular weight excluding hydrogens is 303 g/mol. The van der Waals surface area contributed by atoms with Crippen LogP contribution in [0.2, 0.25) is 0 Å². The standard InChI is InChI=1S/C11H6F3NO3.C3H8O/c12-11(13,14)18-8-3-1-2-7(4-8)9-5-15-10(6-16)17-9;1-3-4-2/h1-6H;3H2,1-2H3. The summed E-state index contributed by atoms with van der Waals surface area (Å²) in [6.45, 7) is 2.78. The van der Waals surface area contributed by atoms with E-state index >= 15 is 0 Å². The van der Waals surface area contributed by atoms with Crippen LogP contribution < -0.4 is 4.74 Å². The molecule has 0 N–H and O–H groups in total. The number of methoxy groups -OCH3 is 1. The van der Waals surface area contributed by atoms with Gasteiger partial charge in [0.1, 0.15) is 5.75 Å². The van der Waals surface area contributed by atoms with Gasteiger partial charge in [-0.25, -0.2) is 4.98 Å². The molecule has 0 unspecified atom stereocenters. The largest absolute Gasteiger partial charge is 0.573 e. The van der Waals surface area contributed by atoms with Gasteiger partial charge in [0.05, 0.1) is 6.20 Å². The van der Waals surface area contributed by atoms with E-state index in [4.69, 9.17) is 4.42 Å². The first kappa shape index (κ1) is 17.7. The quantitative estimate of drug-likeness (QED) is 0.805.